The summed E-state index contributed by atoms with van der Waals surface area (Å²) in [5.41, 5.74) is 0.443. The number of halogens is 3. The predicted molar refractivity (Wildman–Crippen MR) is 133 cm³/mol. The second-order valence-electron chi connectivity index (χ2n) is 10.3. The molecule has 1 aromatic carbocycles. The standard InChI is InChI=1S/C26H30F3N7O2/c1-26(2,3)22(25(38)30-4)34-24(37)21-20-13-35(12-15-10-31-14-32-11-15)6-5-7-36(20)23(33-21)16-8-18(28)19(29)9-17(16)27/h8-11,14,22H,5-7,12-13H2,1-4H3,(H,30,38)(H,34,37)/t22-/m1/s1. The Kier molecular flexibility index (Phi) is 7.81. The summed E-state index contributed by atoms with van der Waals surface area (Å²) in [7, 11) is 1.48. The van der Waals surface area contributed by atoms with E-state index in [-0.39, 0.29) is 29.5 Å². The van der Waals surface area contributed by atoms with Gasteiger partial charge in [-0.05, 0) is 17.9 Å². The van der Waals surface area contributed by atoms with Crippen LogP contribution in [0, 0.1) is 22.9 Å². The van der Waals surface area contributed by atoms with Gasteiger partial charge in [0, 0.05) is 57.3 Å². The third kappa shape index (κ3) is 5.69. The van der Waals surface area contributed by atoms with Gasteiger partial charge in [-0.3, -0.25) is 14.5 Å². The molecule has 0 saturated carbocycles. The fourth-order valence-electron chi connectivity index (χ4n) is 4.54. The molecular weight excluding hydrogens is 499 g/mol. The number of rotatable bonds is 6. The predicted octanol–water partition coefficient (Wildman–Crippen LogP) is 3.05. The van der Waals surface area contributed by atoms with Crippen molar-refractivity contribution in [2.45, 2.75) is 52.9 Å². The van der Waals surface area contributed by atoms with E-state index in [0.29, 0.717) is 37.8 Å². The van der Waals surface area contributed by atoms with E-state index in [1.165, 1.54) is 13.4 Å². The summed E-state index contributed by atoms with van der Waals surface area (Å²) < 4.78 is 44.3. The topological polar surface area (TPSA) is 105 Å². The number of hydrogen-bond acceptors (Lipinski definition) is 6. The number of aromatic nitrogens is 4. The Morgan fingerprint density at radius 2 is 1.74 bits per heavy atom. The minimum Gasteiger partial charge on any atom is -0.357 e. The van der Waals surface area contributed by atoms with Crippen LogP contribution < -0.4 is 10.6 Å². The fourth-order valence-corrected chi connectivity index (χ4v) is 4.54. The third-order valence-corrected chi connectivity index (χ3v) is 6.44. The van der Waals surface area contributed by atoms with Gasteiger partial charge in [0.1, 0.15) is 24.0 Å². The first-order valence-corrected chi connectivity index (χ1v) is 12.2. The third-order valence-electron chi connectivity index (χ3n) is 6.44. The maximum absolute atomic E-state index is 14.8. The van der Waals surface area contributed by atoms with E-state index in [9.17, 15) is 22.8 Å². The van der Waals surface area contributed by atoms with Crippen molar-refractivity contribution < 1.29 is 22.8 Å². The van der Waals surface area contributed by atoms with E-state index in [2.05, 4.69) is 30.5 Å². The van der Waals surface area contributed by atoms with Gasteiger partial charge in [0.2, 0.25) is 5.91 Å². The molecule has 3 heterocycles. The maximum atomic E-state index is 14.8. The summed E-state index contributed by atoms with van der Waals surface area (Å²) in [5, 5.41) is 5.32. The van der Waals surface area contributed by atoms with Gasteiger partial charge in [0.25, 0.3) is 5.91 Å². The number of benzene rings is 1. The lowest BCUT2D eigenvalue weighted by Gasteiger charge is -2.29. The second-order valence-corrected chi connectivity index (χ2v) is 10.3. The molecule has 0 aliphatic carbocycles. The zero-order valence-electron chi connectivity index (χ0n) is 21.7. The molecule has 0 spiro atoms. The molecule has 1 aliphatic heterocycles. The van der Waals surface area contributed by atoms with Crippen LogP contribution >= 0.6 is 0 Å². The van der Waals surface area contributed by atoms with Crippen LogP contribution in [0.15, 0.2) is 30.9 Å². The van der Waals surface area contributed by atoms with Crippen molar-refractivity contribution in [3.8, 4) is 11.4 Å². The summed E-state index contributed by atoms with van der Waals surface area (Å²) in [5.74, 6) is -4.54. The lowest BCUT2D eigenvalue weighted by Crippen LogP contribution is -2.53. The molecule has 9 nitrogen and oxygen atoms in total. The van der Waals surface area contributed by atoms with E-state index >= 15 is 0 Å². The zero-order valence-corrected chi connectivity index (χ0v) is 21.7. The Morgan fingerprint density at radius 3 is 2.39 bits per heavy atom. The first-order valence-electron chi connectivity index (χ1n) is 12.2. The number of fused-ring (bicyclic) bond motifs is 1. The van der Waals surface area contributed by atoms with Gasteiger partial charge in [-0.2, -0.15) is 0 Å². The van der Waals surface area contributed by atoms with Crippen molar-refractivity contribution in [2.75, 3.05) is 13.6 Å². The Bertz CT molecular complexity index is 1340. The molecule has 0 saturated heterocycles. The van der Waals surface area contributed by atoms with Gasteiger partial charge in [-0.15, -0.1) is 0 Å². The first kappa shape index (κ1) is 27.2. The van der Waals surface area contributed by atoms with Crippen LogP contribution in [0.4, 0.5) is 13.2 Å². The molecule has 0 fully saturated rings. The molecule has 0 unspecified atom stereocenters. The maximum Gasteiger partial charge on any atom is 0.272 e. The number of nitrogens with one attached hydrogen (secondary N) is 2. The van der Waals surface area contributed by atoms with Gasteiger partial charge in [-0.25, -0.2) is 28.1 Å². The highest BCUT2D eigenvalue weighted by Gasteiger charge is 2.35. The molecule has 4 rings (SSSR count). The zero-order chi connectivity index (χ0) is 27.6. The number of carbonyl (C=O) groups is 2. The smallest absolute Gasteiger partial charge is 0.272 e. The summed E-state index contributed by atoms with van der Waals surface area (Å²) in [6.07, 6.45) is 5.45. The van der Waals surface area contributed by atoms with Crippen LogP contribution in [0.5, 0.6) is 0 Å². The minimum absolute atomic E-state index is 0.0127. The number of hydrogen-bond donors (Lipinski definition) is 2. The van der Waals surface area contributed by atoms with Gasteiger partial charge >= 0.3 is 0 Å². The molecule has 0 radical (unpaired) electrons. The molecule has 2 aromatic heterocycles. The van der Waals surface area contributed by atoms with Crippen LogP contribution in [0.3, 0.4) is 0 Å². The van der Waals surface area contributed by atoms with Crippen LogP contribution in [-0.4, -0.2) is 55.9 Å². The molecular formula is C26H30F3N7O2. The quantitative estimate of drug-likeness (QED) is 0.476. The molecule has 12 heteroatoms. The Balaban J connectivity index is 1.79. The van der Waals surface area contributed by atoms with Gasteiger partial charge in [-0.1, -0.05) is 20.8 Å². The van der Waals surface area contributed by atoms with E-state index in [1.807, 2.05) is 20.8 Å². The van der Waals surface area contributed by atoms with Crippen LogP contribution in [0.2, 0.25) is 0 Å². The monoisotopic (exact) mass is 529 g/mol. The summed E-state index contributed by atoms with van der Waals surface area (Å²) >= 11 is 0. The number of carbonyl (C=O) groups excluding carboxylic acids is 2. The van der Waals surface area contributed by atoms with Gasteiger partial charge < -0.3 is 15.2 Å². The molecule has 2 N–H and O–H groups in total. The SMILES string of the molecule is CNC(=O)[C@@H](NC(=O)c1nc(-c2cc(F)c(F)cc2F)n2c1CN(Cc1cncnc1)CCC2)C(C)(C)C. The second kappa shape index (κ2) is 10.9. The normalized spacial score (nSPS) is 14.9. The van der Waals surface area contributed by atoms with Crippen LogP contribution in [-0.2, 0) is 24.4 Å². The van der Waals surface area contributed by atoms with E-state index in [0.717, 1.165) is 11.6 Å². The number of imidazole rings is 1. The van der Waals surface area contributed by atoms with Crippen LogP contribution in [0.1, 0.15) is 48.9 Å². The van der Waals surface area contributed by atoms with E-state index in [4.69, 9.17) is 0 Å². The van der Waals surface area contributed by atoms with Crippen molar-refractivity contribution in [3.63, 3.8) is 0 Å². The van der Waals surface area contributed by atoms with Gasteiger partial charge in [0.05, 0.1) is 11.3 Å². The molecule has 2 amide bonds. The van der Waals surface area contributed by atoms with E-state index < -0.39 is 34.8 Å². The largest absolute Gasteiger partial charge is 0.357 e. The fraction of sp³-hybridized carbons (Fsp3) is 0.423. The number of nitrogens with zero attached hydrogens (tertiary/aromatic N) is 5. The number of likely N-dealkylation sites (N-methyl/N-ethyl adjacent to an activating group) is 1. The highest BCUT2D eigenvalue weighted by atomic mass is 19.2. The van der Waals surface area contributed by atoms with Crippen molar-refractivity contribution in [1.82, 2.24) is 35.1 Å². The average molecular weight is 530 g/mol. The van der Waals surface area contributed by atoms with Crippen molar-refractivity contribution >= 4 is 11.8 Å². The molecule has 202 valence electrons. The molecule has 1 aliphatic rings. The molecule has 0 bridgehead atoms. The Morgan fingerprint density at radius 1 is 1.05 bits per heavy atom. The van der Waals surface area contributed by atoms with Crippen LogP contribution in [0.25, 0.3) is 11.4 Å². The molecule has 1 atom stereocenters. The minimum atomic E-state index is -1.32. The molecule has 3 aromatic rings. The van der Waals surface area contributed by atoms with Crippen molar-refractivity contribution in [3.05, 3.63) is 65.3 Å². The Labute approximate surface area is 218 Å². The average Bonchev–Trinajstić information content (AvgIpc) is 3.08. The lowest BCUT2D eigenvalue weighted by molar-refractivity contribution is -0.124. The van der Waals surface area contributed by atoms with Gasteiger partial charge in [0.15, 0.2) is 17.3 Å². The Hall–Kier alpha value is -3.80. The van der Waals surface area contributed by atoms with Crippen molar-refractivity contribution in [1.29, 1.82) is 0 Å². The highest BCUT2D eigenvalue weighted by Crippen LogP contribution is 2.30. The number of amides is 2. The first-order chi connectivity index (χ1) is 18.0. The van der Waals surface area contributed by atoms with Crippen molar-refractivity contribution in [2.24, 2.45) is 5.41 Å². The molecule has 38 heavy (non-hydrogen) atoms. The van der Waals surface area contributed by atoms with E-state index in [1.54, 1.807) is 17.0 Å². The lowest BCUT2D eigenvalue weighted by atomic mass is 9.86. The summed E-state index contributed by atoms with van der Waals surface area (Å²) in [6, 6.07) is 0.323. The summed E-state index contributed by atoms with van der Waals surface area (Å²) in [4.78, 5) is 40.8. The highest BCUT2D eigenvalue weighted by molar-refractivity contribution is 5.97. The summed E-state index contributed by atoms with van der Waals surface area (Å²) in [6.45, 7) is 7.19.